The summed E-state index contributed by atoms with van der Waals surface area (Å²) in [5.74, 6) is -1.46. The van der Waals surface area contributed by atoms with E-state index >= 15 is 0 Å². The van der Waals surface area contributed by atoms with Crippen LogP contribution in [0.3, 0.4) is 0 Å². The fourth-order valence-electron chi connectivity index (χ4n) is 3.15. The van der Waals surface area contributed by atoms with Crippen molar-refractivity contribution >= 4 is 29.1 Å². The molecule has 0 atom stereocenters. The Labute approximate surface area is 186 Å². The highest BCUT2D eigenvalue weighted by molar-refractivity contribution is 6.33. The zero-order valence-corrected chi connectivity index (χ0v) is 17.3. The molecule has 0 saturated carbocycles. The van der Waals surface area contributed by atoms with Crippen molar-refractivity contribution in [2.75, 3.05) is 11.9 Å². The maximum atomic E-state index is 13.9. The summed E-state index contributed by atoms with van der Waals surface area (Å²) in [5.41, 5.74) is 4.47. The number of benzene rings is 3. The van der Waals surface area contributed by atoms with Crippen LogP contribution in [0.25, 0.3) is 11.1 Å². The number of nitriles is 1. The molecule has 3 aromatic carbocycles. The van der Waals surface area contributed by atoms with Gasteiger partial charge in [-0.2, -0.15) is 18.4 Å². The van der Waals surface area contributed by atoms with Gasteiger partial charge in [0, 0.05) is 28.8 Å². The molecule has 3 aromatic rings. The van der Waals surface area contributed by atoms with Gasteiger partial charge >= 0.3 is 6.18 Å². The third kappa shape index (κ3) is 4.58. The minimum Gasteiger partial charge on any atom is -0.366 e. The molecule has 162 valence electrons. The van der Waals surface area contributed by atoms with E-state index in [1.54, 1.807) is 0 Å². The van der Waals surface area contributed by atoms with Gasteiger partial charge in [-0.15, -0.1) is 0 Å². The molecule has 2 N–H and O–H groups in total. The normalized spacial score (nSPS) is 11.0. The number of halogens is 4. The first-order chi connectivity index (χ1) is 15.0. The van der Waals surface area contributed by atoms with Crippen LogP contribution in [0.15, 0.2) is 60.7 Å². The fraction of sp³-hybridized carbons (Fsp3) is 0.0870. The molecule has 0 radical (unpaired) electrons. The van der Waals surface area contributed by atoms with Crippen molar-refractivity contribution in [2.24, 2.45) is 5.73 Å². The average molecular weight is 458 g/mol. The monoisotopic (exact) mass is 457 g/mol. The summed E-state index contributed by atoms with van der Waals surface area (Å²) in [6.07, 6.45) is -4.79. The first kappa shape index (κ1) is 22.8. The van der Waals surface area contributed by atoms with Gasteiger partial charge in [0.25, 0.3) is 5.91 Å². The Morgan fingerprint density at radius 1 is 1.03 bits per heavy atom. The Kier molecular flexibility index (Phi) is 6.23. The average Bonchev–Trinajstić information content (AvgIpc) is 2.77. The summed E-state index contributed by atoms with van der Waals surface area (Å²) in [6, 6.07) is 15.0. The molecule has 5 nitrogen and oxygen atoms in total. The van der Waals surface area contributed by atoms with Gasteiger partial charge in [-0.3, -0.25) is 9.59 Å². The van der Waals surface area contributed by atoms with Crippen LogP contribution < -0.4 is 10.6 Å². The van der Waals surface area contributed by atoms with Crippen LogP contribution in [0.4, 0.5) is 18.9 Å². The van der Waals surface area contributed by atoms with Gasteiger partial charge in [-0.25, -0.2) is 0 Å². The Hall–Kier alpha value is -3.83. The van der Waals surface area contributed by atoms with Crippen LogP contribution >= 0.6 is 11.6 Å². The Balaban J connectivity index is 2.11. The van der Waals surface area contributed by atoms with E-state index in [4.69, 9.17) is 22.6 Å². The quantitative estimate of drug-likeness (QED) is 0.578. The molecule has 2 amide bonds. The van der Waals surface area contributed by atoms with Crippen molar-refractivity contribution in [1.82, 2.24) is 0 Å². The molecule has 0 aromatic heterocycles. The van der Waals surface area contributed by atoms with Crippen LogP contribution in [0.2, 0.25) is 5.02 Å². The number of amides is 2. The van der Waals surface area contributed by atoms with Gasteiger partial charge in [-0.1, -0.05) is 23.7 Å². The zero-order valence-electron chi connectivity index (χ0n) is 16.6. The van der Waals surface area contributed by atoms with Gasteiger partial charge in [-0.05, 0) is 54.1 Å². The van der Waals surface area contributed by atoms with Crippen LogP contribution in [-0.2, 0) is 6.18 Å². The van der Waals surface area contributed by atoms with E-state index in [1.165, 1.54) is 55.6 Å². The van der Waals surface area contributed by atoms with E-state index in [1.807, 2.05) is 6.07 Å². The molecule has 0 spiro atoms. The molecule has 0 fully saturated rings. The highest BCUT2D eigenvalue weighted by Gasteiger charge is 2.36. The smallest absolute Gasteiger partial charge is 0.366 e. The second-order valence-corrected chi connectivity index (χ2v) is 7.25. The van der Waals surface area contributed by atoms with Gasteiger partial charge in [0.1, 0.15) is 0 Å². The van der Waals surface area contributed by atoms with Crippen molar-refractivity contribution in [3.63, 3.8) is 0 Å². The minimum absolute atomic E-state index is 0.0703. The van der Waals surface area contributed by atoms with Crippen LogP contribution in [0.1, 0.15) is 31.8 Å². The lowest BCUT2D eigenvalue weighted by atomic mass is 9.98. The summed E-state index contributed by atoms with van der Waals surface area (Å²) in [7, 11) is 1.21. The molecular formula is C23H15ClF3N3O2. The fourth-order valence-corrected chi connectivity index (χ4v) is 3.37. The molecule has 0 aliphatic rings. The van der Waals surface area contributed by atoms with Crippen molar-refractivity contribution in [1.29, 1.82) is 5.26 Å². The van der Waals surface area contributed by atoms with E-state index in [9.17, 15) is 22.8 Å². The molecule has 0 aliphatic heterocycles. The van der Waals surface area contributed by atoms with E-state index in [2.05, 4.69) is 0 Å². The second-order valence-electron chi connectivity index (χ2n) is 6.85. The van der Waals surface area contributed by atoms with Crippen molar-refractivity contribution in [2.45, 2.75) is 6.18 Å². The van der Waals surface area contributed by atoms with E-state index in [0.717, 1.165) is 17.0 Å². The van der Waals surface area contributed by atoms with Gasteiger partial charge in [0.2, 0.25) is 5.91 Å². The molecule has 0 unspecified atom stereocenters. The highest BCUT2D eigenvalue weighted by atomic mass is 35.5. The number of carbonyl (C=O) groups is 2. The highest BCUT2D eigenvalue weighted by Crippen LogP contribution is 2.40. The number of carbonyl (C=O) groups excluding carboxylic acids is 2. The maximum absolute atomic E-state index is 13.9. The van der Waals surface area contributed by atoms with Crippen LogP contribution in [-0.4, -0.2) is 18.9 Å². The summed E-state index contributed by atoms with van der Waals surface area (Å²) >= 11 is 6.14. The minimum atomic E-state index is -4.79. The molecule has 0 heterocycles. The SMILES string of the molecule is CN(C(=O)c1cccc(C#N)c1)c1ccc(-c2cc(C(N)=O)ccc2Cl)cc1C(F)(F)F. The number of alkyl halides is 3. The number of rotatable bonds is 4. The topological polar surface area (TPSA) is 87.2 Å². The number of anilines is 1. The largest absolute Gasteiger partial charge is 0.418 e. The van der Waals surface area contributed by atoms with Gasteiger partial charge in [0.05, 0.1) is 22.9 Å². The van der Waals surface area contributed by atoms with E-state index < -0.39 is 23.6 Å². The number of nitrogens with zero attached hydrogens (tertiary/aromatic N) is 2. The Bertz CT molecular complexity index is 1270. The summed E-state index contributed by atoms with van der Waals surface area (Å²) in [6.45, 7) is 0. The molecule has 0 bridgehead atoms. The van der Waals surface area contributed by atoms with Crippen molar-refractivity contribution in [3.05, 3.63) is 87.9 Å². The predicted octanol–water partition coefficient (Wildman–Crippen LogP) is 5.27. The molecule has 32 heavy (non-hydrogen) atoms. The van der Waals surface area contributed by atoms with Crippen molar-refractivity contribution in [3.8, 4) is 17.2 Å². The predicted molar refractivity (Wildman–Crippen MR) is 114 cm³/mol. The Morgan fingerprint density at radius 2 is 1.75 bits per heavy atom. The molecule has 0 aliphatic carbocycles. The lowest BCUT2D eigenvalue weighted by molar-refractivity contribution is -0.137. The van der Waals surface area contributed by atoms with Gasteiger partial charge < -0.3 is 10.6 Å². The summed E-state index contributed by atoms with van der Waals surface area (Å²) in [5, 5.41) is 9.13. The molecular weight excluding hydrogens is 443 g/mol. The maximum Gasteiger partial charge on any atom is 0.418 e. The number of hydrogen-bond donors (Lipinski definition) is 1. The standard InChI is InChI=1S/C23H15ClF3N3O2/c1-30(22(32)16-4-2-3-13(9-16)12-28)20-8-6-14(11-18(20)23(25,26)27)17-10-15(21(29)31)5-7-19(17)24/h2-11H,1H3,(H2,29,31). The molecule has 3 rings (SSSR count). The summed E-state index contributed by atoms with van der Waals surface area (Å²) in [4.78, 5) is 25.1. The summed E-state index contributed by atoms with van der Waals surface area (Å²) < 4.78 is 41.7. The Morgan fingerprint density at radius 3 is 2.38 bits per heavy atom. The van der Waals surface area contributed by atoms with Crippen LogP contribution in [0, 0.1) is 11.3 Å². The second kappa shape index (κ2) is 8.73. The molecule has 0 saturated heterocycles. The molecule has 9 heteroatoms. The van der Waals surface area contributed by atoms with Crippen molar-refractivity contribution < 1.29 is 22.8 Å². The van der Waals surface area contributed by atoms with Gasteiger partial charge in [0.15, 0.2) is 0 Å². The zero-order chi connectivity index (χ0) is 23.6. The van der Waals surface area contributed by atoms with Crippen LogP contribution in [0.5, 0.6) is 0 Å². The lowest BCUT2D eigenvalue weighted by Crippen LogP contribution is -2.28. The van der Waals surface area contributed by atoms with E-state index in [0.29, 0.717) is 0 Å². The third-order valence-electron chi connectivity index (χ3n) is 4.77. The number of hydrogen-bond acceptors (Lipinski definition) is 3. The lowest BCUT2D eigenvalue weighted by Gasteiger charge is -2.23. The van der Waals surface area contributed by atoms with E-state index in [-0.39, 0.29) is 38.5 Å². The third-order valence-corrected chi connectivity index (χ3v) is 5.10. The number of primary amides is 1. The first-order valence-corrected chi connectivity index (χ1v) is 9.50. The number of nitrogens with two attached hydrogens (primary N) is 1. The first-order valence-electron chi connectivity index (χ1n) is 9.12.